The first-order valence-electron chi connectivity index (χ1n) is 9.17. The molecule has 0 saturated carbocycles. The van der Waals surface area contributed by atoms with Crippen LogP contribution in [0.5, 0.6) is 11.5 Å². The molecular weight excluding hydrogens is 348 g/mol. The van der Waals surface area contributed by atoms with Crippen LogP contribution in [0.25, 0.3) is 10.8 Å². The molecule has 0 radical (unpaired) electrons. The molecule has 0 saturated heterocycles. The smallest absolute Gasteiger partial charge is 0.343 e. The number of carbonyl (C=O) groups excluding carboxylic acids is 1. The SMILES string of the molecule is Cc1cccc(OCc2ccc(C(=O)Oc3cccc4ccccc34)cc2)c1. The molecule has 138 valence electrons. The first-order chi connectivity index (χ1) is 13.7. The number of ether oxygens (including phenoxy) is 2. The fraction of sp³-hybridized carbons (Fsp3) is 0.0800. The molecule has 0 fully saturated rings. The van der Waals surface area contributed by atoms with E-state index in [1.165, 1.54) is 0 Å². The molecule has 4 aromatic rings. The minimum absolute atomic E-state index is 0.373. The summed E-state index contributed by atoms with van der Waals surface area (Å²) in [6.07, 6.45) is 0. The van der Waals surface area contributed by atoms with Gasteiger partial charge in [0.05, 0.1) is 5.56 Å². The van der Waals surface area contributed by atoms with Crippen LogP contribution in [0, 0.1) is 6.92 Å². The number of benzene rings is 4. The Bertz CT molecular complexity index is 1110. The summed E-state index contributed by atoms with van der Waals surface area (Å²) in [4.78, 5) is 12.5. The Hall–Kier alpha value is -3.59. The standard InChI is InChI=1S/C25H20O3/c1-18-6-4-9-22(16-18)27-17-19-12-14-21(15-13-19)25(26)28-24-11-5-8-20-7-2-3-10-23(20)24/h2-16H,17H2,1H3. The number of fused-ring (bicyclic) bond motifs is 1. The lowest BCUT2D eigenvalue weighted by Crippen LogP contribution is -2.09. The van der Waals surface area contributed by atoms with Crippen LogP contribution < -0.4 is 9.47 Å². The molecule has 0 unspecified atom stereocenters. The molecule has 0 aliphatic rings. The highest BCUT2D eigenvalue weighted by molar-refractivity contribution is 5.95. The van der Waals surface area contributed by atoms with E-state index in [0.29, 0.717) is 17.9 Å². The van der Waals surface area contributed by atoms with Crippen molar-refractivity contribution in [2.24, 2.45) is 0 Å². The third kappa shape index (κ3) is 4.04. The Morgan fingerprint density at radius 1 is 0.821 bits per heavy atom. The topological polar surface area (TPSA) is 35.5 Å². The van der Waals surface area contributed by atoms with Gasteiger partial charge in [-0.1, -0.05) is 60.7 Å². The van der Waals surface area contributed by atoms with Crippen LogP contribution in [0.2, 0.25) is 0 Å². The molecule has 3 heteroatoms. The number of carbonyl (C=O) groups is 1. The molecule has 0 spiro atoms. The highest BCUT2D eigenvalue weighted by Crippen LogP contribution is 2.26. The van der Waals surface area contributed by atoms with Crippen LogP contribution in [-0.4, -0.2) is 5.97 Å². The largest absolute Gasteiger partial charge is 0.489 e. The van der Waals surface area contributed by atoms with E-state index in [-0.39, 0.29) is 5.97 Å². The maximum Gasteiger partial charge on any atom is 0.343 e. The lowest BCUT2D eigenvalue weighted by Gasteiger charge is -2.09. The van der Waals surface area contributed by atoms with Crippen molar-refractivity contribution in [3.8, 4) is 11.5 Å². The van der Waals surface area contributed by atoms with Crippen LogP contribution in [0.1, 0.15) is 21.5 Å². The van der Waals surface area contributed by atoms with Gasteiger partial charge in [-0.05, 0) is 53.8 Å². The summed E-state index contributed by atoms with van der Waals surface area (Å²) in [5.41, 5.74) is 2.65. The van der Waals surface area contributed by atoms with Crippen molar-refractivity contribution < 1.29 is 14.3 Å². The zero-order valence-electron chi connectivity index (χ0n) is 15.6. The Labute approximate surface area is 164 Å². The summed E-state index contributed by atoms with van der Waals surface area (Å²) in [6.45, 7) is 2.48. The average Bonchev–Trinajstić information content (AvgIpc) is 2.73. The van der Waals surface area contributed by atoms with Crippen LogP contribution >= 0.6 is 0 Å². The van der Waals surface area contributed by atoms with Crippen LogP contribution in [0.4, 0.5) is 0 Å². The summed E-state index contributed by atoms with van der Waals surface area (Å²) >= 11 is 0. The fourth-order valence-corrected chi connectivity index (χ4v) is 3.05. The third-order valence-corrected chi connectivity index (χ3v) is 4.54. The van der Waals surface area contributed by atoms with Gasteiger partial charge >= 0.3 is 5.97 Å². The van der Waals surface area contributed by atoms with Gasteiger partial charge in [0.2, 0.25) is 0 Å². The second-order valence-corrected chi connectivity index (χ2v) is 6.67. The monoisotopic (exact) mass is 368 g/mol. The quantitative estimate of drug-likeness (QED) is 0.323. The molecule has 4 aromatic carbocycles. The van der Waals surface area contributed by atoms with E-state index in [4.69, 9.17) is 9.47 Å². The molecule has 0 heterocycles. The molecule has 0 aliphatic heterocycles. The summed E-state index contributed by atoms with van der Waals surface area (Å²) < 4.78 is 11.4. The summed E-state index contributed by atoms with van der Waals surface area (Å²) in [7, 11) is 0. The second kappa shape index (κ2) is 7.97. The van der Waals surface area contributed by atoms with Gasteiger partial charge in [-0.2, -0.15) is 0 Å². The van der Waals surface area contributed by atoms with Gasteiger partial charge in [0.1, 0.15) is 18.1 Å². The van der Waals surface area contributed by atoms with E-state index < -0.39 is 0 Å². The van der Waals surface area contributed by atoms with Crippen molar-refractivity contribution in [1.29, 1.82) is 0 Å². The van der Waals surface area contributed by atoms with Gasteiger partial charge in [0, 0.05) is 5.39 Å². The molecule has 0 atom stereocenters. The zero-order chi connectivity index (χ0) is 19.3. The van der Waals surface area contributed by atoms with Crippen molar-refractivity contribution >= 4 is 16.7 Å². The number of esters is 1. The number of hydrogen-bond acceptors (Lipinski definition) is 3. The fourth-order valence-electron chi connectivity index (χ4n) is 3.05. The molecular formula is C25H20O3. The van der Waals surface area contributed by atoms with E-state index in [1.807, 2.05) is 85.8 Å². The predicted octanol–water partition coefficient (Wildman–Crippen LogP) is 5.95. The Balaban J connectivity index is 1.44. The number of aryl methyl sites for hydroxylation is 1. The summed E-state index contributed by atoms with van der Waals surface area (Å²) in [5, 5.41) is 1.96. The number of hydrogen-bond donors (Lipinski definition) is 0. The maximum absolute atomic E-state index is 12.5. The van der Waals surface area contributed by atoms with Crippen LogP contribution in [0.3, 0.4) is 0 Å². The maximum atomic E-state index is 12.5. The minimum atomic E-state index is -0.373. The van der Waals surface area contributed by atoms with Gasteiger partial charge in [0.15, 0.2) is 0 Å². The molecule has 0 aromatic heterocycles. The van der Waals surface area contributed by atoms with Crippen molar-refractivity contribution in [3.63, 3.8) is 0 Å². The molecule has 0 aliphatic carbocycles. The molecule has 0 bridgehead atoms. The number of rotatable bonds is 5. The van der Waals surface area contributed by atoms with E-state index in [1.54, 1.807) is 12.1 Å². The van der Waals surface area contributed by atoms with E-state index >= 15 is 0 Å². The van der Waals surface area contributed by atoms with Crippen molar-refractivity contribution in [2.75, 3.05) is 0 Å². The first kappa shape index (κ1) is 17.8. The highest BCUT2D eigenvalue weighted by atomic mass is 16.5. The van der Waals surface area contributed by atoms with Gasteiger partial charge in [-0.25, -0.2) is 4.79 Å². The third-order valence-electron chi connectivity index (χ3n) is 4.54. The van der Waals surface area contributed by atoms with Crippen LogP contribution in [-0.2, 0) is 6.61 Å². The minimum Gasteiger partial charge on any atom is -0.489 e. The normalized spacial score (nSPS) is 10.6. The zero-order valence-corrected chi connectivity index (χ0v) is 15.6. The van der Waals surface area contributed by atoms with Gasteiger partial charge in [-0.15, -0.1) is 0 Å². The first-order valence-corrected chi connectivity index (χ1v) is 9.17. The lowest BCUT2D eigenvalue weighted by molar-refractivity contribution is 0.0737. The Kier molecular flexibility index (Phi) is 5.07. The predicted molar refractivity (Wildman–Crippen MR) is 111 cm³/mol. The average molecular weight is 368 g/mol. The molecule has 4 rings (SSSR count). The molecule has 0 amide bonds. The Morgan fingerprint density at radius 2 is 1.57 bits per heavy atom. The lowest BCUT2D eigenvalue weighted by atomic mass is 10.1. The molecule has 0 N–H and O–H groups in total. The Morgan fingerprint density at radius 3 is 2.39 bits per heavy atom. The molecule has 28 heavy (non-hydrogen) atoms. The molecule has 3 nitrogen and oxygen atoms in total. The van der Waals surface area contributed by atoms with Gasteiger partial charge in [-0.3, -0.25) is 0 Å². The van der Waals surface area contributed by atoms with Gasteiger partial charge < -0.3 is 9.47 Å². The summed E-state index contributed by atoms with van der Waals surface area (Å²) in [6, 6.07) is 28.8. The van der Waals surface area contributed by atoms with Gasteiger partial charge in [0.25, 0.3) is 0 Å². The highest BCUT2D eigenvalue weighted by Gasteiger charge is 2.11. The van der Waals surface area contributed by atoms with E-state index in [9.17, 15) is 4.79 Å². The summed E-state index contributed by atoms with van der Waals surface area (Å²) in [5.74, 6) is 1.02. The van der Waals surface area contributed by atoms with Crippen molar-refractivity contribution in [3.05, 3.63) is 108 Å². The van der Waals surface area contributed by atoms with Crippen molar-refractivity contribution in [2.45, 2.75) is 13.5 Å². The second-order valence-electron chi connectivity index (χ2n) is 6.67. The van der Waals surface area contributed by atoms with E-state index in [2.05, 4.69) is 0 Å². The van der Waals surface area contributed by atoms with E-state index in [0.717, 1.165) is 27.6 Å². The van der Waals surface area contributed by atoms with Crippen molar-refractivity contribution in [1.82, 2.24) is 0 Å². The van der Waals surface area contributed by atoms with Crippen LogP contribution in [0.15, 0.2) is 91.0 Å².